The van der Waals surface area contributed by atoms with E-state index >= 15 is 0 Å². The summed E-state index contributed by atoms with van der Waals surface area (Å²) in [6, 6.07) is 28.2. The van der Waals surface area contributed by atoms with Crippen molar-refractivity contribution in [1.82, 2.24) is 19.3 Å². The third-order valence-corrected chi connectivity index (χ3v) is 9.82. The first-order valence-electron chi connectivity index (χ1n) is 15.2. The van der Waals surface area contributed by atoms with Crippen LogP contribution in [-0.4, -0.2) is 27.7 Å². The smallest absolute Gasteiger partial charge is 0.279 e. The number of pyridine rings is 1. The number of benzene rings is 3. The molecule has 45 heavy (non-hydrogen) atoms. The minimum absolute atomic E-state index is 0.0764. The van der Waals surface area contributed by atoms with Gasteiger partial charge >= 0.3 is 5.69 Å². The molecule has 3 aromatic carbocycles. The number of hydrogen-bond acceptors (Lipinski definition) is 5. The van der Waals surface area contributed by atoms with E-state index < -0.39 is 9.84 Å². The van der Waals surface area contributed by atoms with Gasteiger partial charge in [0.25, 0.3) is 0 Å². The van der Waals surface area contributed by atoms with Crippen LogP contribution in [0.5, 0.6) is 0 Å². The molecule has 0 radical (unpaired) electrons. The number of aromatic nitrogens is 4. The van der Waals surface area contributed by atoms with E-state index in [1.165, 1.54) is 23.3 Å². The monoisotopic (exact) mass is 642 g/mol. The highest BCUT2D eigenvalue weighted by atomic mass is 35.5. The van der Waals surface area contributed by atoms with Gasteiger partial charge in [-0.1, -0.05) is 87.0 Å². The van der Waals surface area contributed by atoms with E-state index in [1.807, 2.05) is 31.2 Å². The summed E-state index contributed by atoms with van der Waals surface area (Å²) < 4.78 is 29.1. The largest absolute Gasteiger partial charge is 0.346 e. The number of sulfone groups is 1. The quantitative estimate of drug-likeness (QED) is 0.151. The van der Waals surface area contributed by atoms with Crippen molar-refractivity contribution < 1.29 is 8.42 Å². The van der Waals surface area contributed by atoms with Crippen molar-refractivity contribution in [1.29, 1.82) is 0 Å². The van der Waals surface area contributed by atoms with Gasteiger partial charge in [0, 0.05) is 23.6 Å². The van der Waals surface area contributed by atoms with Gasteiger partial charge in [-0.05, 0) is 78.3 Å². The first-order chi connectivity index (χ1) is 21.4. The molecule has 0 atom stereocenters. The maximum Gasteiger partial charge on any atom is 0.346 e. The highest BCUT2D eigenvalue weighted by Crippen LogP contribution is 2.24. The van der Waals surface area contributed by atoms with Crippen molar-refractivity contribution in [3.05, 3.63) is 135 Å². The van der Waals surface area contributed by atoms with Gasteiger partial charge in [0.15, 0.2) is 9.84 Å². The van der Waals surface area contributed by atoms with Gasteiger partial charge in [0.05, 0.1) is 28.6 Å². The second-order valence-electron chi connectivity index (χ2n) is 12.3. The normalized spacial score (nSPS) is 12.0. The van der Waals surface area contributed by atoms with Crippen LogP contribution < -0.4 is 5.69 Å². The van der Waals surface area contributed by atoms with Crippen LogP contribution in [0.15, 0.2) is 101 Å². The van der Waals surface area contributed by atoms with Crippen LogP contribution in [-0.2, 0) is 46.9 Å². The summed E-state index contributed by atoms with van der Waals surface area (Å²) in [7, 11) is -3.55. The highest BCUT2D eigenvalue weighted by Gasteiger charge is 2.17. The molecule has 5 rings (SSSR count). The second kappa shape index (κ2) is 13.5. The van der Waals surface area contributed by atoms with Crippen molar-refractivity contribution in [3.8, 4) is 11.3 Å². The van der Waals surface area contributed by atoms with Crippen LogP contribution in [0.4, 0.5) is 0 Å². The minimum atomic E-state index is -3.55. The lowest BCUT2D eigenvalue weighted by Gasteiger charge is -2.19. The third kappa shape index (κ3) is 7.99. The zero-order chi connectivity index (χ0) is 32.2. The molecule has 0 unspecified atom stereocenters. The average molecular weight is 643 g/mol. The molecule has 2 heterocycles. The van der Waals surface area contributed by atoms with Crippen LogP contribution in [0.1, 0.15) is 62.3 Å². The fourth-order valence-electron chi connectivity index (χ4n) is 5.31. The summed E-state index contributed by atoms with van der Waals surface area (Å²) >= 11 is 5.91. The standard InChI is InChI=1S/C36H39ClN4O3S/c1-5-40-34(39-41(35(40)42)24-27-14-18-29(19-15-27)36(2,3)4)11-6-8-26-12-16-28(17-13-26)33-10-7-9-31(38-33)25-45(43,44)32-22-20-30(37)21-23-32/h7,9-10,12-23H,5-6,8,11,24-25H2,1-4H3. The third-order valence-electron chi connectivity index (χ3n) is 7.90. The summed E-state index contributed by atoms with van der Waals surface area (Å²) in [6.45, 7) is 9.58. The van der Waals surface area contributed by atoms with E-state index in [0.29, 0.717) is 30.2 Å². The Balaban J connectivity index is 1.20. The molecule has 2 aromatic heterocycles. The molecule has 0 fully saturated rings. The van der Waals surface area contributed by atoms with Crippen molar-refractivity contribution in [2.24, 2.45) is 0 Å². The fourth-order valence-corrected chi connectivity index (χ4v) is 6.70. The number of aryl methyl sites for hydroxylation is 2. The summed E-state index contributed by atoms with van der Waals surface area (Å²) in [6.07, 6.45) is 2.39. The lowest BCUT2D eigenvalue weighted by atomic mass is 9.87. The van der Waals surface area contributed by atoms with Crippen molar-refractivity contribution in [2.45, 2.75) is 76.1 Å². The number of hydrogen-bond donors (Lipinski definition) is 0. The zero-order valence-electron chi connectivity index (χ0n) is 26.2. The fraction of sp³-hybridized carbons (Fsp3) is 0.306. The van der Waals surface area contributed by atoms with Gasteiger partial charge in [0.1, 0.15) is 5.82 Å². The van der Waals surface area contributed by atoms with Crippen LogP contribution in [0.3, 0.4) is 0 Å². The molecule has 9 heteroatoms. The molecular weight excluding hydrogens is 604 g/mol. The molecule has 0 aliphatic heterocycles. The molecule has 0 saturated carbocycles. The van der Waals surface area contributed by atoms with E-state index in [4.69, 9.17) is 16.7 Å². The Hall–Kier alpha value is -4.01. The van der Waals surface area contributed by atoms with Crippen LogP contribution in [0.25, 0.3) is 11.3 Å². The van der Waals surface area contributed by atoms with Crippen LogP contribution >= 0.6 is 11.6 Å². The Morgan fingerprint density at radius 1 is 0.822 bits per heavy atom. The molecule has 0 amide bonds. The molecular formula is C36H39ClN4O3S. The summed E-state index contributed by atoms with van der Waals surface area (Å²) in [4.78, 5) is 17.9. The topological polar surface area (TPSA) is 86.8 Å². The minimum Gasteiger partial charge on any atom is -0.279 e. The Morgan fingerprint density at radius 3 is 2.13 bits per heavy atom. The first kappa shape index (κ1) is 32.4. The SMILES string of the molecule is CCn1c(CCCc2ccc(-c3cccc(CS(=O)(=O)c4ccc(Cl)cc4)n3)cc2)nn(Cc2ccc(C(C)(C)C)cc2)c1=O. The van der Waals surface area contributed by atoms with E-state index in [-0.39, 0.29) is 21.8 Å². The first-order valence-corrected chi connectivity index (χ1v) is 17.3. The zero-order valence-corrected chi connectivity index (χ0v) is 27.8. The Bertz CT molecular complexity index is 1920. The predicted octanol–water partition coefficient (Wildman–Crippen LogP) is 7.28. The molecule has 0 bridgehead atoms. The van der Waals surface area contributed by atoms with E-state index in [9.17, 15) is 13.2 Å². The Morgan fingerprint density at radius 2 is 1.49 bits per heavy atom. The Kier molecular flexibility index (Phi) is 9.75. The maximum atomic E-state index is 13.1. The van der Waals surface area contributed by atoms with Crippen LogP contribution in [0, 0.1) is 0 Å². The van der Waals surface area contributed by atoms with Gasteiger partial charge in [-0.15, -0.1) is 0 Å². The predicted molar refractivity (Wildman–Crippen MR) is 180 cm³/mol. The lowest BCUT2D eigenvalue weighted by molar-refractivity contribution is 0.588. The van der Waals surface area contributed by atoms with Gasteiger partial charge in [-0.25, -0.2) is 17.9 Å². The van der Waals surface area contributed by atoms with Gasteiger partial charge in [0.2, 0.25) is 0 Å². The van der Waals surface area contributed by atoms with Crippen molar-refractivity contribution in [3.63, 3.8) is 0 Å². The molecule has 0 aliphatic carbocycles. The van der Waals surface area contributed by atoms with Crippen molar-refractivity contribution >= 4 is 21.4 Å². The maximum absolute atomic E-state index is 13.1. The number of rotatable bonds is 11. The molecule has 0 saturated heterocycles. The second-order valence-corrected chi connectivity index (χ2v) is 14.8. The highest BCUT2D eigenvalue weighted by molar-refractivity contribution is 7.90. The van der Waals surface area contributed by atoms with Gasteiger partial charge in [-0.3, -0.25) is 9.55 Å². The number of nitrogens with zero attached hydrogens (tertiary/aromatic N) is 4. The molecule has 234 valence electrons. The molecule has 5 aromatic rings. The Labute approximate surface area is 270 Å². The van der Waals surface area contributed by atoms with E-state index in [2.05, 4.69) is 62.2 Å². The number of halogens is 1. The lowest BCUT2D eigenvalue weighted by Crippen LogP contribution is -2.25. The van der Waals surface area contributed by atoms with Crippen molar-refractivity contribution in [2.75, 3.05) is 0 Å². The summed E-state index contributed by atoms with van der Waals surface area (Å²) in [5.74, 6) is 0.614. The van der Waals surface area contributed by atoms with Gasteiger partial charge in [-0.2, -0.15) is 5.10 Å². The molecule has 0 aliphatic rings. The molecule has 0 N–H and O–H groups in total. The van der Waals surface area contributed by atoms with Gasteiger partial charge < -0.3 is 0 Å². The summed E-state index contributed by atoms with van der Waals surface area (Å²) in [5, 5.41) is 5.19. The molecule has 0 spiro atoms. The van der Waals surface area contributed by atoms with E-state index in [0.717, 1.165) is 35.5 Å². The average Bonchev–Trinajstić information content (AvgIpc) is 3.30. The molecule has 7 nitrogen and oxygen atoms in total. The van der Waals surface area contributed by atoms with Crippen LogP contribution in [0.2, 0.25) is 5.02 Å². The summed E-state index contributed by atoms with van der Waals surface area (Å²) in [5.41, 5.74) is 5.61. The van der Waals surface area contributed by atoms with E-state index in [1.54, 1.807) is 27.4 Å².